The van der Waals surface area contributed by atoms with Gasteiger partial charge in [-0.3, -0.25) is 4.79 Å². The fourth-order valence-electron chi connectivity index (χ4n) is 10.8. The van der Waals surface area contributed by atoms with Crippen molar-refractivity contribution >= 4 is 27.5 Å². The van der Waals surface area contributed by atoms with Gasteiger partial charge in [0.15, 0.2) is 9.84 Å². The molecule has 12 heteroatoms. The summed E-state index contributed by atoms with van der Waals surface area (Å²) >= 11 is 0. The number of sulfone groups is 1. The molecule has 2 aromatic rings. The van der Waals surface area contributed by atoms with Gasteiger partial charge in [0.1, 0.15) is 5.82 Å². The van der Waals surface area contributed by atoms with Gasteiger partial charge in [-0.25, -0.2) is 17.6 Å². The van der Waals surface area contributed by atoms with Gasteiger partial charge in [0.2, 0.25) is 5.91 Å². The zero-order valence-electron chi connectivity index (χ0n) is 32.8. The summed E-state index contributed by atoms with van der Waals surface area (Å²) in [5.74, 6) is 0.118. The fraction of sp³-hybridized carbons (Fsp3) is 0.628. The Labute approximate surface area is 327 Å². The van der Waals surface area contributed by atoms with E-state index in [2.05, 4.69) is 39.6 Å². The highest BCUT2D eigenvalue weighted by Crippen LogP contribution is 2.52. The monoisotopic (exact) mass is 777 g/mol. The average molecular weight is 778 g/mol. The van der Waals surface area contributed by atoms with Crippen molar-refractivity contribution in [1.29, 1.82) is 0 Å². The number of benzene rings is 2. The van der Waals surface area contributed by atoms with Crippen molar-refractivity contribution in [3.63, 3.8) is 0 Å². The minimum Gasteiger partial charge on any atom is -0.453 e. The van der Waals surface area contributed by atoms with E-state index in [1.807, 2.05) is 18.2 Å². The second-order valence-electron chi connectivity index (χ2n) is 17.3. The van der Waals surface area contributed by atoms with Crippen LogP contribution in [0.5, 0.6) is 0 Å². The molecule has 0 spiro atoms. The summed E-state index contributed by atoms with van der Waals surface area (Å²) in [5, 5.41) is 2.57. The van der Waals surface area contributed by atoms with Crippen LogP contribution in [0, 0.1) is 23.1 Å². The Morgan fingerprint density at radius 1 is 0.945 bits per heavy atom. The number of carbonyl (C=O) groups excluding carboxylic acids is 2. The molecule has 5 fully saturated rings. The number of carbonyl (C=O) groups is 2. The summed E-state index contributed by atoms with van der Waals surface area (Å²) in [7, 11) is -2.17. The number of nitrogens with one attached hydrogen (secondary N) is 1. The van der Waals surface area contributed by atoms with E-state index in [4.69, 9.17) is 4.74 Å². The minimum absolute atomic E-state index is 0.0146. The number of rotatable bonds is 12. The quantitative estimate of drug-likeness (QED) is 0.267. The van der Waals surface area contributed by atoms with Crippen LogP contribution in [0.25, 0.3) is 0 Å². The van der Waals surface area contributed by atoms with Gasteiger partial charge in [0.05, 0.1) is 17.3 Å². The SMILES string of the molecule is C=CC(=O)N1CCCC[C@@H](S(=O)(=O)c2ccc(N3CC(C)(CN4CCC([C@@](CN5CCC5)(c5cccc(F)c5)[C@H]5CCC[C@@H]5NC(=O)OC)CC4)C3)cc2)C1. The number of likely N-dealkylation sites (tertiary alicyclic amines) is 3. The van der Waals surface area contributed by atoms with Gasteiger partial charge in [-0.15, -0.1) is 0 Å². The number of alkyl carbamates (subject to hydrolysis) is 1. The molecule has 4 atom stereocenters. The molecule has 1 aliphatic carbocycles. The second kappa shape index (κ2) is 16.5. The molecule has 0 aromatic heterocycles. The highest BCUT2D eigenvalue weighted by molar-refractivity contribution is 7.92. The predicted molar refractivity (Wildman–Crippen MR) is 213 cm³/mol. The number of halogens is 1. The molecule has 0 radical (unpaired) electrons. The molecule has 300 valence electrons. The second-order valence-corrected chi connectivity index (χ2v) is 19.6. The Hall–Kier alpha value is -3.48. The molecule has 4 aliphatic heterocycles. The van der Waals surface area contributed by atoms with E-state index in [0.717, 1.165) is 109 Å². The van der Waals surface area contributed by atoms with Gasteiger partial charge in [-0.1, -0.05) is 38.5 Å². The normalized spacial score (nSPS) is 26.3. The summed E-state index contributed by atoms with van der Waals surface area (Å²) in [6, 6.07) is 14.6. The van der Waals surface area contributed by atoms with E-state index in [-0.39, 0.29) is 41.1 Å². The van der Waals surface area contributed by atoms with Crippen LogP contribution in [0.1, 0.15) is 70.3 Å². The molecule has 4 heterocycles. The zero-order chi connectivity index (χ0) is 38.8. The third-order valence-corrected chi connectivity index (χ3v) is 15.8. The van der Waals surface area contributed by atoms with Crippen LogP contribution in [0.15, 0.2) is 66.1 Å². The molecule has 2 aromatic carbocycles. The van der Waals surface area contributed by atoms with Crippen LogP contribution in [0.3, 0.4) is 0 Å². The molecular formula is C43H60FN5O5S. The lowest BCUT2D eigenvalue weighted by Gasteiger charge is -2.55. The van der Waals surface area contributed by atoms with Crippen LogP contribution < -0.4 is 10.2 Å². The number of hydrogen-bond acceptors (Lipinski definition) is 8. The molecule has 7 rings (SSSR count). The Bertz CT molecular complexity index is 1790. The first kappa shape index (κ1) is 39.7. The Balaban J connectivity index is 1.00. The lowest BCUT2D eigenvalue weighted by Crippen LogP contribution is -2.62. The topological polar surface area (TPSA) is 103 Å². The van der Waals surface area contributed by atoms with Gasteiger partial charge in [0.25, 0.3) is 0 Å². The van der Waals surface area contributed by atoms with Crippen molar-refractivity contribution in [3.05, 3.63) is 72.6 Å². The van der Waals surface area contributed by atoms with E-state index in [1.54, 1.807) is 29.2 Å². The summed E-state index contributed by atoms with van der Waals surface area (Å²) in [6.07, 6.45) is 9.13. The lowest BCUT2D eigenvalue weighted by atomic mass is 9.57. The first-order valence-corrected chi connectivity index (χ1v) is 22.0. The molecule has 5 aliphatic rings. The maximum Gasteiger partial charge on any atom is 0.407 e. The molecule has 0 bridgehead atoms. The van der Waals surface area contributed by atoms with Crippen molar-refractivity contribution in [2.45, 2.75) is 86.3 Å². The summed E-state index contributed by atoms with van der Waals surface area (Å²) in [4.78, 5) is 34.2. The standard InChI is InChI=1S/C43H60FN5O5S/c1-4-40(50)48-23-6-5-12-37(27-48)55(52,53)36-17-15-35(16-18-36)49-29-42(2,30-49)28-47-24-19-32(20-25-47)43(31-46-21-9-22-46,33-10-7-11-34(44)26-33)38-13-8-14-39(38)45-41(51)54-3/h4,7,10-11,15-18,26,32,37-39H,1,5-6,8-9,12-14,19-25,27-31H2,2-3H3,(H,45,51)/t37-,38+,39+,43+/m1/s1. The molecule has 2 amide bonds. The van der Waals surface area contributed by atoms with Crippen molar-refractivity contribution in [2.24, 2.45) is 17.3 Å². The molecule has 55 heavy (non-hydrogen) atoms. The molecule has 4 saturated heterocycles. The number of amides is 2. The smallest absolute Gasteiger partial charge is 0.407 e. The lowest BCUT2D eigenvalue weighted by molar-refractivity contribution is -0.125. The first-order chi connectivity index (χ1) is 26.4. The Morgan fingerprint density at radius 2 is 1.69 bits per heavy atom. The highest BCUT2D eigenvalue weighted by atomic mass is 32.2. The average Bonchev–Trinajstić information content (AvgIpc) is 3.46. The third kappa shape index (κ3) is 8.33. The molecular weight excluding hydrogens is 718 g/mol. The number of piperidine rings is 1. The molecule has 1 saturated carbocycles. The van der Waals surface area contributed by atoms with E-state index in [1.165, 1.54) is 19.6 Å². The fourth-order valence-corrected chi connectivity index (χ4v) is 12.5. The van der Waals surface area contributed by atoms with Crippen molar-refractivity contribution in [3.8, 4) is 0 Å². The Morgan fingerprint density at radius 3 is 2.35 bits per heavy atom. The molecule has 1 N–H and O–H groups in total. The number of nitrogens with zero attached hydrogens (tertiary/aromatic N) is 4. The van der Waals surface area contributed by atoms with Gasteiger partial charge >= 0.3 is 6.09 Å². The number of anilines is 1. The van der Waals surface area contributed by atoms with E-state index in [9.17, 15) is 18.0 Å². The summed E-state index contributed by atoms with van der Waals surface area (Å²) in [6.45, 7) is 14.4. The number of methoxy groups -OCH3 is 1. The summed E-state index contributed by atoms with van der Waals surface area (Å²) in [5.41, 5.74) is 1.92. The number of ether oxygens (including phenoxy) is 1. The number of hydrogen-bond donors (Lipinski definition) is 1. The van der Waals surface area contributed by atoms with Crippen molar-refractivity contribution in [1.82, 2.24) is 20.0 Å². The minimum atomic E-state index is -3.59. The highest BCUT2D eigenvalue weighted by Gasteiger charge is 2.53. The van der Waals surface area contributed by atoms with Gasteiger partial charge < -0.3 is 29.7 Å². The zero-order valence-corrected chi connectivity index (χ0v) is 33.6. The molecule has 10 nitrogen and oxygen atoms in total. The van der Waals surface area contributed by atoms with Crippen molar-refractivity contribution < 1.29 is 27.1 Å². The van der Waals surface area contributed by atoms with Gasteiger partial charge in [0, 0.05) is 61.8 Å². The maximum atomic E-state index is 15.0. The molecule has 0 unspecified atom stereocenters. The van der Waals surface area contributed by atoms with Crippen LogP contribution in [0.4, 0.5) is 14.9 Å². The van der Waals surface area contributed by atoms with E-state index in [0.29, 0.717) is 23.8 Å². The Kier molecular flexibility index (Phi) is 12.0. The van der Waals surface area contributed by atoms with Crippen LogP contribution in [-0.4, -0.2) is 119 Å². The van der Waals surface area contributed by atoms with Crippen LogP contribution in [0.2, 0.25) is 0 Å². The van der Waals surface area contributed by atoms with Gasteiger partial charge in [-0.05, 0) is 131 Å². The van der Waals surface area contributed by atoms with Crippen molar-refractivity contribution in [2.75, 3.05) is 77.5 Å². The maximum absolute atomic E-state index is 15.0. The third-order valence-electron chi connectivity index (χ3n) is 13.6. The summed E-state index contributed by atoms with van der Waals surface area (Å²) < 4.78 is 47.4. The van der Waals surface area contributed by atoms with E-state index < -0.39 is 21.2 Å². The van der Waals surface area contributed by atoms with E-state index >= 15 is 4.39 Å². The largest absolute Gasteiger partial charge is 0.453 e. The van der Waals surface area contributed by atoms with Gasteiger partial charge in [-0.2, -0.15) is 0 Å². The first-order valence-electron chi connectivity index (χ1n) is 20.5. The van der Waals surface area contributed by atoms with Crippen LogP contribution >= 0.6 is 0 Å². The van der Waals surface area contributed by atoms with Crippen LogP contribution in [-0.2, 0) is 24.8 Å². The predicted octanol–water partition coefficient (Wildman–Crippen LogP) is 5.87.